The molecule has 2 fully saturated rings. The first-order valence-corrected chi connectivity index (χ1v) is 7.78. The third-order valence-electron chi connectivity index (χ3n) is 4.85. The summed E-state index contributed by atoms with van der Waals surface area (Å²) in [6.45, 7) is 6.10. The number of likely N-dealkylation sites (tertiary alicyclic amines) is 1. The van der Waals surface area contributed by atoms with Crippen LogP contribution in [0.1, 0.15) is 26.7 Å². The van der Waals surface area contributed by atoms with E-state index >= 15 is 0 Å². The van der Waals surface area contributed by atoms with Crippen molar-refractivity contribution in [2.45, 2.75) is 50.6 Å². The number of amides is 2. The van der Waals surface area contributed by atoms with Gasteiger partial charge in [-0.2, -0.15) is 5.53 Å². The third-order valence-corrected chi connectivity index (χ3v) is 4.85. The maximum Gasteiger partial charge on any atom is 0.362 e. The quantitative estimate of drug-likeness (QED) is 0.563. The lowest BCUT2D eigenvalue weighted by Crippen LogP contribution is -2.61. The molecule has 22 heavy (non-hydrogen) atoms. The molecule has 2 amide bonds. The number of urea groups is 1. The predicted octanol–water partition coefficient (Wildman–Crippen LogP) is 0.729. The molecule has 2 saturated heterocycles. The standard InChI is InChI=1S/C14H24N6O2/c1-14(2)10-7-16-12(17-9-3-5-22-6-4-9)18-11(10)8-20(14)13(21)19-15/h7,9,11-12,15-18H,3-6,8H2,1-2H3. The molecule has 8 heteroatoms. The molecule has 0 spiro atoms. The Balaban J connectivity index is 1.66. The number of ether oxygens (including phenoxy) is 1. The fourth-order valence-electron chi connectivity index (χ4n) is 3.51. The van der Waals surface area contributed by atoms with E-state index < -0.39 is 11.6 Å². The third kappa shape index (κ3) is 2.73. The van der Waals surface area contributed by atoms with Crippen molar-refractivity contribution in [3.05, 3.63) is 11.8 Å². The summed E-state index contributed by atoms with van der Waals surface area (Å²) >= 11 is 0. The van der Waals surface area contributed by atoms with Crippen molar-refractivity contribution in [1.29, 1.82) is 5.53 Å². The van der Waals surface area contributed by atoms with Gasteiger partial charge in [0.2, 0.25) is 0 Å². The number of nitrogens with one attached hydrogen (secondary N) is 4. The Labute approximate surface area is 130 Å². The molecule has 3 aliphatic heterocycles. The molecule has 0 bridgehead atoms. The first kappa shape index (κ1) is 15.4. The highest BCUT2D eigenvalue weighted by Crippen LogP contribution is 2.35. The lowest BCUT2D eigenvalue weighted by molar-refractivity contribution is 0.0715. The molecule has 4 N–H and O–H groups in total. The number of rotatable bonds is 2. The second-order valence-electron chi connectivity index (χ2n) is 6.54. The number of carbonyl (C=O) groups is 1. The minimum atomic E-state index is -0.490. The minimum absolute atomic E-state index is 0.0179. The smallest absolute Gasteiger partial charge is 0.362 e. The van der Waals surface area contributed by atoms with Gasteiger partial charge >= 0.3 is 6.03 Å². The van der Waals surface area contributed by atoms with Crippen molar-refractivity contribution < 1.29 is 9.53 Å². The molecule has 0 aromatic rings. The van der Waals surface area contributed by atoms with Crippen molar-refractivity contribution in [1.82, 2.24) is 20.9 Å². The second-order valence-corrected chi connectivity index (χ2v) is 6.54. The average molecular weight is 308 g/mol. The Kier molecular flexibility index (Phi) is 4.16. The van der Waals surface area contributed by atoms with E-state index in [1.807, 2.05) is 20.0 Å². The minimum Gasteiger partial charge on any atom is -0.381 e. The maximum atomic E-state index is 11.8. The lowest BCUT2D eigenvalue weighted by atomic mass is 9.92. The summed E-state index contributed by atoms with van der Waals surface area (Å²) in [7, 11) is 0. The topological polar surface area (TPSA) is 102 Å². The molecule has 0 radical (unpaired) electrons. The Morgan fingerprint density at radius 1 is 1.50 bits per heavy atom. The molecular formula is C14H24N6O2. The molecule has 3 aliphatic rings. The van der Waals surface area contributed by atoms with Crippen molar-refractivity contribution >= 4 is 6.03 Å². The summed E-state index contributed by atoms with van der Waals surface area (Å²) in [5.41, 5.74) is 7.66. The van der Waals surface area contributed by atoms with E-state index in [0.29, 0.717) is 12.6 Å². The van der Waals surface area contributed by atoms with Crippen molar-refractivity contribution in [2.24, 2.45) is 5.11 Å². The molecule has 0 saturated carbocycles. The van der Waals surface area contributed by atoms with Crippen molar-refractivity contribution in [3.8, 4) is 0 Å². The molecule has 8 nitrogen and oxygen atoms in total. The highest BCUT2D eigenvalue weighted by atomic mass is 16.5. The molecule has 0 aromatic carbocycles. The van der Waals surface area contributed by atoms with Crippen LogP contribution in [0.25, 0.3) is 0 Å². The van der Waals surface area contributed by atoms with Gasteiger partial charge in [-0.15, -0.1) is 0 Å². The molecule has 2 unspecified atom stereocenters. The van der Waals surface area contributed by atoms with Crippen LogP contribution in [-0.4, -0.2) is 54.6 Å². The Morgan fingerprint density at radius 2 is 2.23 bits per heavy atom. The highest BCUT2D eigenvalue weighted by molar-refractivity contribution is 5.76. The molecule has 0 aromatic heterocycles. The number of carbonyl (C=O) groups excluding carboxylic acids is 1. The fourth-order valence-corrected chi connectivity index (χ4v) is 3.51. The molecular weight excluding hydrogens is 284 g/mol. The summed E-state index contributed by atoms with van der Waals surface area (Å²) < 4.78 is 5.37. The monoisotopic (exact) mass is 308 g/mol. The maximum absolute atomic E-state index is 11.8. The lowest BCUT2D eigenvalue weighted by Gasteiger charge is -2.36. The zero-order valence-electron chi connectivity index (χ0n) is 13.1. The SMILES string of the molecule is CC1(C)C2=CNC(NC3CCOCC3)NC2CN1C(=O)N=N. The van der Waals surface area contributed by atoms with Gasteiger partial charge in [0.15, 0.2) is 0 Å². The van der Waals surface area contributed by atoms with Gasteiger partial charge in [-0.3, -0.25) is 10.6 Å². The van der Waals surface area contributed by atoms with Crippen LogP contribution in [0.2, 0.25) is 0 Å². The summed E-state index contributed by atoms with van der Waals surface area (Å²) in [5, 5.41) is 13.4. The van der Waals surface area contributed by atoms with E-state index in [1.165, 1.54) is 0 Å². The van der Waals surface area contributed by atoms with E-state index in [9.17, 15) is 4.79 Å². The zero-order chi connectivity index (χ0) is 15.7. The van der Waals surface area contributed by atoms with Crippen LogP contribution in [0, 0.1) is 5.53 Å². The van der Waals surface area contributed by atoms with E-state index in [-0.39, 0.29) is 12.3 Å². The molecule has 3 heterocycles. The van der Waals surface area contributed by atoms with Crippen LogP contribution < -0.4 is 16.0 Å². The van der Waals surface area contributed by atoms with Gasteiger partial charge in [-0.1, -0.05) is 5.11 Å². The van der Waals surface area contributed by atoms with E-state index in [2.05, 4.69) is 21.1 Å². The molecule has 3 rings (SSSR count). The zero-order valence-corrected chi connectivity index (χ0v) is 13.1. The molecule has 122 valence electrons. The first-order chi connectivity index (χ1) is 10.5. The number of hydrogen-bond donors (Lipinski definition) is 4. The van der Waals surface area contributed by atoms with Crippen molar-refractivity contribution in [2.75, 3.05) is 19.8 Å². The number of fused-ring (bicyclic) bond motifs is 1. The van der Waals surface area contributed by atoms with Crippen LogP contribution in [0.3, 0.4) is 0 Å². The van der Waals surface area contributed by atoms with E-state index in [1.54, 1.807) is 4.90 Å². The summed E-state index contributed by atoms with van der Waals surface area (Å²) in [6, 6.07) is 0.0272. The van der Waals surface area contributed by atoms with Gasteiger partial charge in [0, 0.05) is 32.0 Å². The number of nitrogens with zero attached hydrogens (tertiary/aromatic N) is 2. The first-order valence-electron chi connectivity index (χ1n) is 7.78. The summed E-state index contributed by atoms with van der Waals surface area (Å²) in [6.07, 6.45) is 4.00. The highest BCUT2D eigenvalue weighted by Gasteiger charge is 2.47. The Hall–Kier alpha value is -1.51. The van der Waals surface area contributed by atoms with Crippen LogP contribution in [0.5, 0.6) is 0 Å². The van der Waals surface area contributed by atoms with Gasteiger partial charge in [0.1, 0.15) is 6.29 Å². The van der Waals surface area contributed by atoms with Gasteiger partial charge in [0.05, 0.1) is 11.6 Å². The predicted molar refractivity (Wildman–Crippen MR) is 80.2 cm³/mol. The van der Waals surface area contributed by atoms with Gasteiger partial charge < -0.3 is 15.0 Å². The van der Waals surface area contributed by atoms with Crippen LogP contribution >= 0.6 is 0 Å². The summed E-state index contributed by atoms with van der Waals surface area (Å²) in [4.78, 5) is 13.5. The van der Waals surface area contributed by atoms with Crippen LogP contribution in [-0.2, 0) is 4.74 Å². The Bertz CT molecular complexity index is 486. The van der Waals surface area contributed by atoms with Gasteiger partial charge in [-0.25, -0.2) is 4.79 Å². The normalized spacial score (nSPS) is 31.2. The molecule has 0 aliphatic carbocycles. The fraction of sp³-hybridized carbons (Fsp3) is 0.786. The van der Waals surface area contributed by atoms with Crippen molar-refractivity contribution in [3.63, 3.8) is 0 Å². The van der Waals surface area contributed by atoms with E-state index in [0.717, 1.165) is 31.6 Å². The molecule has 2 atom stereocenters. The Morgan fingerprint density at radius 3 is 2.91 bits per heavy atom. The van der Waals surface area contributed by atoms with Gasteiger partial charge in [0.25, 0.3) is 0 Å². The van der Waals surface area contributed by atoms with E-state index in [4.69, 9.17) is 10.3 Å². The number of hydrogen-bond acceptors (Lipinski definition) is 6. The average Bonchev–Trinajstić information content (AvgIpc) is 2.78. The van der Waals surface area contributed by atoms with Crippen LogP contribution in [0.4, 0.5) is 4.79 Å². The summed E-state index contributed by atoms with van der Waals surface area (Å²) in [5.74, 6) is 0. The largest absolute Gasteiger partial charge is 0.381 e. The second kappa shape index (κ2) is 5.94. The van der Waals surface area contributed by atoms with Crippen LogP contribution in [0.15, 0.2) is 16.9 Å². The van der Waals surface area contributed by atoms with Gasteiger partial charge in [-0.05, 0) is 32.3 Å².